The molecule has 1 radical (unpaired) electrons. The van der Waals surface area contributed by atoms with Gasteiger partial charge in [0.15, 0.2) is 5.60 Å². The summed E-state index contributed by atoms with van der Waals surface area (Å²) in [5, 5.41) is 8.91. The van der Waals surface area contributed by atoms with E-state index in [1.807, 2.05) is 30.3 Å². The highest BCUT2D eigenvalue weighted by Crippen LogP contribution is 2.22. The molecule has 0 aliphatic heterocycles. The van der Waals surface area contributed by atoms with Crippen LogP contribution in [0.25, 0.3) is 0 Å². The second kappa shape index (κ2) is 6.86. The molecule has 0 saturated heterocycles. The summed E-state index contributed by atoms with van der Waals surface area (Å²) in [4.78, 5) is 12.3. The first kappa shape index (κ1) is 16.7. The molecule has 1 unspecified atom stereocenters. The molecule has 0 bridgehead atoms. The van der Waals surface area contributed by atoms with Crippen LogP contribution in [-0.2, 0) is 20.7 Å². The molecule has 1 atom stereocenters. The van der Waals surface area contributed by atoms with E-state index in [9.17, 15) is 4.79 Å². The van der Waals surface area contributed by atoms with Gasteiger partial charge in [0.2, 0.25) is 0 Å². The Hall–Kier alpha value is -1.39. The molecule has 1 aromatic carbocycles. The van der Waals surface area contributed by atoms with Crippen molar-refractivity contribution in [1.82, 2.24) is 0 Å². The highest BCUT2D eigenvalue weighted by Gasteiger charge is 2.38. The zero-order valence-electron chi connectivity index (χ0n) is 12.4. The van der Waals surface area contributed by atoms with Gasteiger partial charge in [-0.3, -0.25) is 0 Å². The van der Waals surface area contributed by atoms with Gasteiger partial charge < -0.3 is 14.6 Å². The van der Waals surface area contributed by atoms with Crippen LogP contribution in [0.5, 0.6) is 0 Å². The van der Waals surface area contributed by atoms with Gasteiger partial charge >= 0.3 is 5.97 Å². The summed E-state index contributed by atoms with van der Waals surface area (Å²) in [6.45, 7) is 9.12. The van der Waals surface area contributed by atoms with Crippen molar-refractivity contribution in [1.29, 1.82) is 0 Å². The molecular formula is C16H23O4. The number of hydrogen-bond donors (Lipinski definition) is 1. The number of benzene rings is 1. The number of carbonyl (C=O) groups excluding carboxylic acids is 1. The number of carbonyl (C=O) groups is 1. The van der Waals surface area contributed by atoms with Crippen LogP contribution in [-0.4, -0.2) is 35.5 Å². The largest absolute Gasteiger partial charge is 0.458 e. The molecule has 0 aliphatic rings. The summed E-state index contributed by atoms with van der Waals surface area (Å²) < 4.78 is 10.8. The Labute approximate surface area is 120 Å². The van der Waals surface area contributed by atoms with E-state index in [2.05, 4.69) is 6.92 Å². The fraction of sp³-hybridized carbons (Fsp3) is 0.500. The van der Waals surface area contributed by atoms with Crippen molar-refractivity contribution in [2.24, 2.45) is 0 Å². The summed E-state index contributed by atoms with van der Waals surface area (Å²) >= 11 is 0. The smallest absolute Gasteiger partial charge is 0.339 e. The van der Waals surface area contributed by atoms with Crippen LogP contribution in [0.1, 0.15) is 26.3 Å². The molecule has 0 saturated carbocycles. The van der Waals surface area contributed by atoms with Crippen LogP contribution in [0.15, 0.2) is 30.3 Å². The van der Waals surface area contributed by atoms with Gasteiger partial charge in [0.05, 0.1) is 13.2 Å². The maximum absolute atomic E-state index is 12.3. The van der Waals surface area contributed by atoms with Crippen molar-refractivity contribution >= 4 is 5.97 Å². The fourth-order valence-corrected chi connectivity index (χ4v) is 1.72. The average Bonchev–Trinajstić information content (AvgIpc) is 2.35. The van der Waals surface area contributed by atoms with Gasteiger partial charge in [-0.15, -0.1) is 0 Å². The monoisotopic (exact) mass is 279 g/mol. The molecule has 0 amide bonds. The predicted octanol–water partition coefficient (Wildman–Crippen LogP) is 2.15. The average molecular weight is 279 g/mol. The lowest BCUT2D eigenvalue weighted by molar-refractivity contribution is -0.179. The Morgan fingerprint density at radius 2 is 1.85 bits per heavy atom. The topological polar surface area (TPSA) is 55.8 Å². The SMILES string of the molecule is [CH2]C(Cc1ccccc1)(OCCO)C(=O)OC(C)(C)C. The standard InChI is InChI=1S/C16H23O4/c1-15(2,3)20-14(18)16(4,19-11-10-17)12-13-8-6-5-7-9-13/h5-9,17H,4,10-12H2,1-3H3. The molecule has 1 aromatic rings. The van der Waals surface area contributed by atoms with Crippen molar-refractivity contribution in [3.63, 3.8) is 0 Å². The van der Waals surface area contributed by atoms with E-state index in [0.29, 0.717) is 6.42 Å². The Morgan fingerprint density at radius 1 is 1.25 bits per heavy atom. The molecule has 1 rings (SSSR count). The van der Waals surface area contributed by atoms with Gasteiger partial charge in [-0.25, -0.2) is 4.79 Å². The third-order valence-corrected chi connectivity index (χ3v) is 2.57. The summed E-state index contributed by atoms with van der Waals surface area (Å²) in [7, 11) is 0. The van der Waals surface area contributed by atoms with Crippen molar-refractivity contribution < 1.29 is 19.4 Å². The lowest BCUT2D eigenvalue weighted by Crippen LogP contribution is -2.46. The van der Waals surface area contributed by atoms with Gasteiger partial charge in [-0.1, -0.05) is 30.3 Å². The molecule has 0 spiro atoms. The predicted molar refractivity (Wildman–Crippen MR) is 77.1 cm³/mol. The highest BCUT2D eigenvalue weighted by molar-refractivity contribution is 5.81. The van der Waals surface area contributed by atoms with Crippen LogP contribution in [0.4, 0.5) is 0 Å². The van der Waals surface area contributed by atoms with Crippen LogP contribution < -0.4 is 0 Å². The first-order valence-corrected chi connectivity index (χ1v) is 6.64. The Bertz CT molecular complexity index is 422. The zero-order valence-corrected chi connectivity index (χ0v) is 12.4. The molecule has 4 heteroatoms. The number of esters is 1. The quantitative estimate of drug-likeness (QED) is 0.811. The van der Waals surface area contributed by atoms with E-state index >= 15 is 0 Å². The number of aliphatic hydroxyl groups is 1. The summed E-state index contributed by atoms with van der Waals surface area (Å²) in [5.74, 6) is -0.526. The van der Waals surface area contributed by atoms with E-state index in [1.165, 1.54) is 0 Å². The molecule has 20 heavy (non-hydrogen) atoms. The fourth-order valence-electron chi connectivity index (χ4n) is 1.72. The number of ether oxygens (including phenoxy) is 2. The molecule has 0 fully saturated rings. The first-order valence-electron chi connectivity index (χ1n) is 6.64. The first-order chi connectivity index (χ1) is 9.27. The van der Waals surface area contributed by atoms with Gasteiger partial charge in [0, 0.05) is 6.42 Å². The maximum atomic E-state index is 12.3. The molecule has 0 aromatic heterocycles. The Kier molecular flexibility index (Phi) is 5.72. The van der Waals surface area contributed by atoms with E-state index < -0.39 is 17.2 Å². The number of hydrogen-bond acceptors (Lipinski definition) is 4. The van der Waals surface area contributed by atoms with Crippen molar-refractivity contribution in [2.45, 2.75) is 38.4 Å². The normalized spacial score (nSPS) is 14.7. The summed E-state index contributed by atoms with van der Waals surface area (Å²) in [6.07, 6.45) is 0.294. The van der Waals surface area contributed by atoms with E-state index in [0.717, 1.165) is 5.56 Å². The third kappa shape index (κ3) is 5.31. The van der Waals surface area contributed by atoms with Crippen LogP contribution in [0.2, 0.25) is 0 Å². The van der Waals surface area contributed by atoms with Gasteiger partial charge in [-0.2, -0.15) is 0 Å². The number of rotatable bonds is 6. The molecule has 4 nitrogen and oxygen atoms in total. The minimum absolute atomic E-state index is 0.0373. The maximum Gasteiger partial charge on any atom is 0.339 e. The molecule has 0 heterocycles. The van der Waals surface area contributed by atoms with Gasteiger partial charge in [-0.05, 0) is 33.3 Å². The third-order valence-electron chi connectivity index (χ3n) is 2.57. The van der Waals surface area contributed by atoms with Crippen molar-refractivity contribution in [2.75, 3.05) is 13.2 Å². The molecular weight excluding hydrogens is 256 g/mol. The lowest BCUT2D eigenvalue weighted by atomic mass is 9.96. The van der Waals surface area contributed by atoms with Crippen molar-refractivity contribution in [3.05, 3.63) is 42.8 Å². The van der Waals surface area contributed by atoms with Crippen LogP contribution in [0.3, 0.4) is 0 Å². The van der Waals surface area contributed by atoms with E-state index in [1.54, 1.807) is 20.8 Å². The second-order valence-corrected chi connectivity index (χ2v) is 5.73. The van der Waals surface area contributed by atoms with Gasteiger partial charge in [0.1, 0.15) is 5.60 Å². The van der Waals surface area contributed by atoms with E-state index in [-0.39, 0.29) is 13.2 Å². The Morgan fingerprint density at radius 3 is 2.35 bits per heavy atom. The number of aliphatic hydroxyl groups excluding tert-OH is 1. The zero-order chi connectivity index (χ0) is 15.2. The second-order valence-electron chi connectivity index (χ2n) is 5.73. The minimum Gasteiger partial charge on any atom is -0.458 e. The lowest BCUT2D eigenvalue weighted by Gasteiger charge is -2.31. The summed E-state index contributed by atoms with van der Waals surface area (Å²) in [5.41, 5.74) is -1.04. The highest BCUT2D eigenvalue weighted by atomic mass is 16.6. The molecule has 0 aliphatic carbocycles. The van der Waals surface area contributed by atoms with E-state index in [4.69, 9.17) is 14.6 Å². The Balaban J connectivity index is 2.88. The summed E-state index contributed by atoms with van der Waals surface area (Å²) in [6, 6.07) is 9.46. The van der Waals surface area contributed by atoms with Gasteiger partial charge in [0.25, 0.3) is 0 Å². The van der Waals surface area contributed by atoms with Crippen molar-refractivity contribution in [3.8, 4) is 0 Å². The molecule has 1 N–H and O–H groups in total. The van der Waals surface area contributed by atoms with Crippen LogP contribution >= 0.6 is 0 Å². The molecule has 111 valence electrons. The minimum atomic E-state index is -1.35. The van der Waals surface area contributed by atoms with Crippen LogP contribution in [0, 0.1) is 6.92 Å².